The Morgan fingerprint density at radius 2 is 1.13 bits per heavy atom. The van der Waals surface area contributed by atoms with Gasteiger partial charge in [-0.2, -0.15) is 0 Å². The highest BCUT2D eigenvalue weighted by molar-refractivity contribution is 5.92. The van der Waals surface area contributed by atoms with Gasteiger partial charge in [0.25, 0.3) is 0 Å². The van der Waals surface area contributed by atoms with Crippen LogP contribution in [-0.4, -0.2) is 36.6 Å². The van der Waals surface area contributed by atoms with Crippen LogP contribution in [0.4, 0.5) is 0 Å². The molecule has 0 atom stereocenters. The van der Waals surface area contributed by atoms with E-state index in [4.69, 9.17) is 9.47 Å². The fourth-order valence-corrected chi connectivity index (χ4v) is 11.7. The molecule has 8 aliphatic rings. The second-order valence-electron chi connectivity index (χ2n) is 14.6. The quantitative estimate of drug-likeness (QED) is 0.420. The van der Waals surface area contributed by atoms with Gasteiger partial charge in [0, 0.05) is 16.4 Å². The summed E-state index contributed by atoms with van der Waals surface area (Å²) < 4.78 is 12.6. The minimum atomic E-state index is 0.0202. The van der Waals surface area contributed by atoms with E-state index in [1.165, 1.54) is 87.8 Å². The number of aliphatic hydroxyl groups is 2. The van der Waals surface area contributed by atoms with Crippen molar-refractivity contribution in [1.29, 1.82) is 0 Å². The molecule has 204 valence electrons. The summed E-state index contributed by atoms with van der Waals surface area (Å²) in [6.07, 6.45) is 16.7. The Balaban J connectivity index is 1.36. The fraction of sp³-hybridized carbons (Fsp3) is 0.706. The lowest BCUT2D eigenvalue weighted by Crippen LogP contribution is -2.52. The zero-order valence-electron chi connectivity index (χ0n) is 22.8. The molecule has 0 spiro atoms. The molecule has 4 heteroatoms. The Morgan fingerprint density at radius 3 is 1.66 bits per heavy atom. The topological polar surface area (TPSA) is 58.9 Å². The summed E-state index contributed by atoms with van der Waals surface area (Å²) >= 11 is 0. The summed E-state index contributed by atoms with van der Waals surface area (Å²) in [6, 6.07) is 8.97. The summed E-state index contributed by atoms with van der Waals surface area (Å²) in [5.41, 5.74) is 3.71. The van der Waals surface area contributed by atoms with Gasteiger partial charge in [-0.15, -0.1) is 0 Å². The third-order valence-electron chi connectivity index (χ3n) is 11.9. The second kappa shape index (κ2) is 8.86. The normalized spacial score (nSPS) is 40.3. The fourth-order valence-electron chi connectivity index (χ4n) is 11.7. The number of benzene rings is 2. The summed E-state index contributed by atoms with van der Waals surface area (Å²) in [4.78, 5) is 0. The maximum Gasteiger partial charge on any atom is 0.131 e. The summed E-state index contributed by atoms with van der Waals surface area (Å²) in [5, 5.41) is 21.6. The predicted octanol–water partition coefficient (Wildman–Crippen LogP) is 6.52. The first-order valence-electron chi connectivity index (χ1n) is 15.7. The molecule has 2 aromatic carbocycles. The van der Waals surface area contributed by atoms with Crippen LogP contribution in [0.2, 0.25) is 0 Å². The lowest BCUT2D eigenvalue weighted by molar-refractivity contribution is -0.0183. The molecule has 0 aromatic heterocycles. The zero-order chi connectivity index (χ0) is 25.5. The summed E-state index contributed by atoms with van der Waals surface area (Å²) in [5.74, 6) is 7.20. The molecule has 8 saturated carbocycles. The SMILES string of the molecule is OCCOc1ccc2c(OCCO)c(C34CC5CC(CC(C5)C3)C4)c(C34CC5CC(CC(C5)C3)C4)cc2c1. The average molecular weight is 517 g/mol. The van der Waals surface area contributed by atoms with Crippen molar-refractivity contribution >= 4 is 10.8 Å². The molecule has 0 unspecified atom stereocenters. The van der Waals surface area contributed by atoms with Crippen LogP contribution in [-0.2, 0) is 10.8 Å². The molecular weight excluding hydrogens is 472 g/mol. The highest BCUT2D eigenvalue weighted by atomic mass is 16.5. The molecule has 0 heterocycles. The molecule has 0 saturated heterocycles. The van der Waals surface area contributed by atoms with Crippen molar-refractivity contribution < 1.29 is 19.7 Å². The molecule has 8 bridgehead atoms. The standard InChI is InChI=1S/C34H44O4/c35-3-5-37-28-1-2-29-27(13-28)14-30(33-15-21-7-22(16-33)9-23(8-21)17-33)31(32(29)38-6-4-36)34-18-24-10-25(19-34)12-26(11-24)20-34/h1-2,13-14,21-26,35-36H,3-12,15-20H2. The number of aliphatic hydroxyl groups excluding tert-OH is 2. The van der Waals surface area contributed by atoms with Gasteiger partial charge in [-0.25, -0.2) is 0 Å². The van der Waals surface area contributed by atoms with Gasteiger partial charge in [0.2, 0.25) is 0 Å². The van der Waals surface area contributed by atoms with E-state index >= 15 is 0 Å². The first kappa shape index (κ1) is 24.1. The monoisotopic (exact) mass is 516 g/mol. The van der Waals surface area contributed by atoms with Crippen LogP contribution >= 0.6 is 0 Å². The van der Waals surface area contributed by atoms with Gasteiger partial charge >= 0.3 is 0 Å². The zero-order valence-corrected chi connectivity index (χ0v) is 22.8. The molecule has 8 fully saturated rings. The Hall–Kier alpha value is -1.78. The van der Waals surface area contributed by atoms with Crippen molar-refractivity contribution in [3.8, 4) is 11.5 Å². The number of fused-ring (bicyclic) bond motifs is 1. The number of ether oxygens (including phenoxy) is 2. The Labute approximate surface area is 227 Å². The Bertz CT molecular complexity index is 1160. The van der Waals surface area contributed by atoms with E-state index in [1.807, 2.05) is 6.07 Å². The van der Waals surface area contributed by atoms with E-state index < -0.39 is 0 Å². The smallest absolute Gasteiger partial charge is 0.131 e. The summed E-state index contributed by atoms with van der Waals surface area (Å²) in [6.45, 7) is 0.724. The molecule has 38 heavy (non-hydrogen) atoms. The van der Waals surface area contributed by atoms with E-state index in [0.717, 1.165) is 47.0 Å². The van der Waals surface area contributed by atoms with E-state index in [0.29, 0.717) is 13.2 Å². The van der Waals surface area contributed by atoms with Gasteiger partial charge < -0.3 is 19.7 Å². The van der Waals surface area contributed by atoms with Crippen LogP contribution in [0, 0.1) is 35.5 Å². The van der Waals surface area contributed by atoms with Crippen LogP contribution < -0.4 is 9.47 Å². The number of hydrogen-bond donors (Lipinski definition) is 2. The maximum atomic E-state index is 9.90. The maximum absolute atomic E-state index is 9.90. The van der Waals surface area contributed by atoms with Gasteiger partial charge in [-0.3, -0.25) is 0 Å². The summed E-state index contributed by atoms with van der Waals surface area (Å²) in [7, 11) is 0. The molecule has 2 N–H and O–H groups in total. The van der Waals surface area contributed by atoms with Gasteiger partial charge in [0.05, 0.1) is 13.2 Å². The van der Waals surface area contributed by atoms with Crippen molar-refractivity contribution in [2.45, 2.75) is 87.9 Å². The van der Waals surface area contributed by atoms with E-state index in [9.17, 15) is 10.2 Å². The number of hydrogen-bond acceptors (Lipinski definition) is 4. The first-order chi connectivity index (χ1) is 18.6. The van der Waals surface area contributed by atoms with Crippen LogP contribution in [0.5, 0.6) is 11.5 Å². The van der Waals surface area contributed by atoms with Gasteiger partial charge in [-0.1, -0.05) is 0 Å². The van der Waals surface area contributed by atoms with Crippen LogP contribution in [0.15, 0.2) is 24.3 Å². The minimum absolute atomic E-state index is 0.0202. The van der Waals surface area contributed by atoms with Crippen LogP contribution in [0.25, 0.3) is 10.8 Å². The average Bonchev–Trinajstić information content (AvgIpc) is 2.88. The van der Waals surface area contributed by atoms with Crippen molar-refractivity contribution in [3.63, 3.8) is 0 Å². The van der Waals surface area contributed by atoms with Crippen LogP contribution in [0.3, 0.4) is 0 Å². The lowest BCUT2D eigenvalue weighted by Gasteiger charge is -2.61. The van der Waals surface area contributed by atoms with E-state index in [1.54, 1.807) is 11.1 Å². The van der Waals surface area contributed by atoms with Crippen molar-refractivity contribution in [3.05, 3.63) is 35.4 Å². The molecule has 4 nitrogen and oxygen atoms in total. The molecule has 10 rings (SSSR count). The van der Waals surface area contributed by atoms with Crippen LogP contribution in [0.1, 0.15) is 88.2 Å². The highest BCUT2D eigenvalue weighted by Gasteiger charge is 2.57. The molecular formula is C34H44O4. The predicted molar refractivity (Wildman–Crippen MR) is 149 cm³/mol. The minimum Gasteiger partial charge on any atom is -0.491 e. The van der Waals surface area contributed by atoms with Gasteiger partial charge in [0.1, 0.15) is 24.7 Å². The van der Waals surface area contributed by atoms with Crippen molar-refractivity contribution in [2.75, 3.05) is 26.4 Å². The number of rotatable bonds is 8. The third-order valence-corrected chi connectivity index (χ3v) is 11.9. The van der Waals surface area contributed by atoms with E-state index in [-0.39, 0.29) is 24.0 Å². The van der Waals surface area contributed by atoms with Crippen molar-refractivity contribution in [1.82, 2.24) is 0 Å². The molecule has 0 radical (unpaired) electrons. The van der Waals surface area contributed by atoms with Crippen molar-refractivity contribution in [2.24, 2.45) is 35.5 Å². The van der Waals surface area contributed by atoms with Gasteiger partial charge in [0.15, 0.2) is 0 Å². The Kier molecular flexibility index (Phi) is 5.61. The van der Waals surface area contributed by atoms with E-state index in [2.05, 4.69) is 18.2 Å². The molecule has 0 aliphatic heterocycles. The largest absolute Gasteiger partial charge is 0.491 e. The Morgan fingerprint density at radius 1 is 0.632 bits per heavy atom. The lowest BCUT2D eigenvalue weighted by atomic mass is 9.44. The van der Waals surface area contributed by atoms with Gasteiger partial charge in [-0.05, 0) is 153 Å². The third kappa shape index (κ3) is 3.69. The molecule has 0 amide bonds. The molecule has 2 aromatic rings. The molecule has 8 aliphatic carbocycles. The highest BCUT2D eigenvalue weighted by Crippen LogP contribution is 2.67. The first-order valence-corrected chi connectivity index (χ1v) is 15.7. The second-order valence-corrected chi connectivity index (χ2v) is 14.6.